The zero-order valence-corrected chi connectivity index (χ0v) is 20.6. The lowest BCUT2D eigenvalue weighted by Gasteiger charge is -2.34. The maximum atomic E-state index is 13.9. The highest BCUT2D eigenvalue weighted by molar-refractivity contribution is 6.31. The smallest absolute Gasteiger partial charge is 0.249 e. The zero-order chi connectivity index (χ0) is 25.0. The number of halogens is 1. The van der Waals surface area contributed by atoms with E-state index >= 15 is 0 Å². The molecule has 180 valence electrons. The first-order chi connectivity index (χ1) is 16.8. The average molecular weight is 491 g/mol. The van der Waals surface area contributed by atoms with E-state index in [-0.39, 0.29) is 18.4 Å². The Labute approximate surface area is 208 Å². The molecule has 0 aliphatic carbocycles. The Morgan fingerprint density at radius 3 is 2.54 bits per heavy atom. The lowest BCUT2D eigenvalue weighted by Crippen LogP contribution is -2.51. The molecule has 2 aromatic heterocycles. The summed E-state index contributed by atoms with van der Waals surface area (Å²) in [6.07, 6.45) is 3.93. The number of amides is 2. The van der Waals surface area contributed by atoms with E-state index in [9.17, 15) is 9.59 Å². The van der Waals surface area contributed by atoms with Crippen molar-refractivity contribution in [1.82, 2.24) is 25.3 Å². The first-order valence-electron chi connectivity index (χ1n) is 11.4. The molecule has 0 fully saturated rings. The number of aromatic nitrogens is 4. The average Bonchev–Trinajstić information content (AvgIpc) is 3.25. The van der Waals surface area contributed by atoms with E-state index in [1.54, 1.807) is 48.8 Å². The molecule has 0 radical (unpaired) electrons. The largest absolute Gasteiger partial charge is 0.349 e. The van der Waals surface area contributed by atoms with Crippen molar-refractivity contribution < 1.29 is 9.59 Å². The number of hydrogen-bond donors (Lipinski definition) is 1. The lowest BCUT2D eigenvalue weighted by atomic mass is 9.98. The summed E-state index contributed by atoms with van der Waals surface area (Å²) in [4.78, 5) is 33.2. The topological polar surface area (TPSA) is 93.0 Å². The Morgan fingerprint density at radius 1 is 1.09 bits per heavy atom. The van der Waals surface area contributed by atoms with Crippen LogP contribution in [0, 0.1) is 0 Å². The molecule has 8 nitrogen and oxygen atoms in total. The molecular weight excluding hydrogens is 464 g/mol. The van der Waals surface area contributed by atoms with Crippen molar-refractivity contribution in [2.24, 2.45) is 0 Å². The molecular formula is C26H27ClN6O2. The summed E-state index contributed by atoms with van der Waals surface area (Å²) in [5, 5.41) is 11.9. The predicted molar refractivity (Wildman–Crippen MR) is 136 cm³/mol. The number of rotatable bonds is 8. The lowest BCUT2D eigenvalue weighted by molar-refractivity contribution is -0.128. The van der Waals surface area contributed by atoms with Gasteiger partial charge in [-0.15, -0.1) is 5.10 Å². The maximum absolute atomic E-state index is 13.9. The van der Waals surface area contributed by atoms with E-state index in [4.69, 9.17) is 11.6 Å². The van der Waals surface area contributed by atoms with Gasteiger partial charge < -0.3 is 5.32 Å². The highest BCUT2D eigenvalue weighted by Crippen LogP contribution is 2.31. The van der Waals surface area contributed by atoms with Gasteiger partial charge in [-0.2, -0.15) is 0 Å². The zero-order valence-electron chi connectivity index (χ0n) is 19.9. The number of carbonyl (C=O) groups excluding carboxylic acids is 2. The molecule has 0 saturated carbocycles. The SMILES string of the molecule is CCC(C)(C)NC(=O)[C@@H](c1ccncc1)N(C(=O)Cn1nnc2ccccc21)c1cccc(Cl)c1. The molecule has 0 bridgehead atoms. The van der Waals surface area contributed by atoms with Gasteiger partial charge in [-0.05, 0) is 68.3 Å². The van der Waals surface area contributed by atoms with Crippen LogP contribution in [-0.2, 0) is 16.1 Å². The third-order valence-corrected chi connectivity index (χ3v) is 6.17. The van der Waals surface area contributed by atoms with Crippen LogP contribution in [0.4, 0.5) is 5.69 Å². The number of para-hydroxylation sites is 1. The third kappa shape index (κ3) is 5.49. The first-order valence-corrected chi connectivity index (χ1v) is 11.7. The predicted octanol–water partition coefficient (Wildman–Crippen LogP) is 4.56. The van der Waals surface area contributed by atoms with E-state index in [1.165, 1.54) is 9.58 Å². The van der Waals surface area contributed by atoms with Crippen molar-refractivity contribution in [3.05, 3.63) is 83.6 Å². The second kappa shape index (κ2) is 10.2. The molecule has 0 saturated heterocycles. The van der Waals surface area contributed by atoms with Gasteiger partial charge in [0.25, 0.3) is 0 Å². The van der Waals surface area contributed by atoms with Gasteiger partial charge in [0.1, 0.15) is 18.1 Å². The summed E-state index contributed by atoms with van der Waals surface area (Å²) in [6.45, 7) is 5.78. The second-order valence-electron chi connectivity index (χ2n) is 8.89. The Balaban J connectivity index is 1.81. The minimum atomic E-state index is -0.954. The van der Waals surface area contributed by atoms with E-state index in [1.807, 2.05) is 45.0 Å². The molecule has 0 aliphatic rings. The van der Waals surface area contributed by atoms with Crippen LogP contribution in [-0.4, -0.2) is 37.3 Å². The summed E-state index contributed by atoms with van der Waals surface area (Å²) in [6, 6.07) is 16.8. The molecule has 2 aromatic carbocycles. The molecule has 0 spiro atoms. The fourth-order valence-corrected chi connectivity index (χ4v) is 3.94. The van der Waals surface area contributed by atoms with Gasteiger partial charge >= 0.3 is 0 Å². The van der Waals surface area contributed by atoms with Crippen LogP contribution in [0.3, 0.4) is 0 Å². The van der Waals surface area contributed by atoms with Crippen molar-refractivity contribution in [2.45, 2.75) is 45.3 Å². The van der Waals surface area contributed by atoms with Gasteiger partial charge in [0.05, 0.1) is 5.52 Å². The standard InChI is InChI=1S/C26H27ClN6O2/c1-4-26(2,3)29-25(35)24(18-12-14-28-15-13-18)33(20-9-7-8-19(27)16-20)23(34)17-32-22-11-6-5-10-21(22)30-31-32/h5-16,24H,4,17H2,1-3H3,(H,29,35)/t24-/m1/s1. The van der Waals surface area contributed by atoms with Crippen molar-refractivity contribution in [3.8, 4) is 0 Å². The Kier molecular flexibility index (Phi) is 7.12. The van der Waals surface area contributed by atoms with Gasteiger partial charge in [-0.3, -0.25) is 19.5 Å². The quantitative estimate of drug-likeness (QED) is 0.391. The number of nitrogens with zero attached hydrogens (tertiary/aromatic N) is 5. The van der Waals surface area contributed by atoms with Gasteiger partial charge in [-0.1, -0.05) is 41.9 Å². The summed E-state index contributed by atoms with van der Waals surface area (Å²) in [7, 11) is 0. The van der Waals surface area contributed by atoms with E-state index in [0.717, 1.165) is 11.9 Å². The molecule has 1 atom stereocenters. The molecule has 2 heterocycles. The monoisotopic (exact) mass is 490 g/mol. The van der Waals surface area contributed by atoms with Crippen LogP contribution in [0.1, 0.15) is 38.8 Å². The fraction of sp³-hybridized carbons (Fsp3) is 0.269. The summed E-state index contributed by atoms with van der Waals surface area (Å²) in [5.74, 6) is -0.644. The third-order valence-electron chi connectivity index (χ3n) is 5.93. The summed E-state index contributed by atoms with van der Waals surface area (Å²) < 4.78 is 1.53. The molecule has 2 amide bonds. The molecule has 1 N–H and O–H groups in total. The molecule has 0 unspecified atom stereocenters. The van der Waals surface area contributed by atoms with Crippen molar-refractivity contribution >= 4 is 40.1 Å². The van der Waals surface area contributed by atoms with Crippen LogP contribution in [0.25, 0.3) is 11.0 Å². The molecule has 35 heavy (non-hydrogen) atoms. The molecule has 4 aromatic rings. The minimum absolute atomic E-state index is 0.112. The van der Waals surface area contributed by atoms with Crippen molar-refractivity contribution in [2.75, 3.05) is 4.90 Å². The summed E-state index contributed by atoms with van der Waals surface area (Å²) in [5.41, 5.74) is 2.07. The molecule has 0 aliphatic heterocycles. The Bertz CT molecular complexity index is 1340. The van der Waals surface area contributed by atoms with Gasteiger partial charge in [-0.25, -0.2) is 4.68 Å². The number of anilines is 1. The van der Waals surface area contributed by atoms with Crippen molar-refractivity contribution in [3.63, 3.8) is 0 Å². The number of carbonyl (C=O) groups is 2. The van der Waals surface area contributed by atoms with Crippen LogP contribution >= 0.6 is 11.6 Å². The van der Waals surface area contributed by atoms with Gasteiger partial charge in [0, 0.05) is 28.6 Å². The second-order valence-corrected chi connectivity index (χ2v) is 9.33. The normalized spacial score (nSPS) is 12.3. The van der Waals surface area contributed by atoms with E-state index in [2.05, 4.69) is 20.6 Å². The molecule has 4 rings (SSSR count). The fourth-order valence-electron chi connectivity index (χ4n) is 3.76. The number of hydrogen-bond acceptors (Lipinski definition) is 5. The van der Waals surface area contributed by atoms with Crippen molar-refractivity contribution in [1.29, 1.82) is 0 Å². The maximum Gasteiger partial charge on any atom is 0.249 e. The van der Waals surface area contributed by atoms with Crippen LogP contribution < -0.4 is 10.2 Å². The summed E-state index contributed by atoms with van der Waals surface area (Å²) >= 11 is 6.30. The highest BCUT2D eigenvalue weighted by Gasteiger charge is 2.35. The number of benzene rings is 2. The number of nitrogens with one attached hydrogen (secondary N) is 1. The highest BCUT2D eigenvalue weighted by atomic mass is 35.5. The van der Waals surface area contributed by atoms with Crippen LogP contribution in [0.2, 0.25) is 5.02 Å². The van der Waals surface area contributed by atoms with Gasteiger partial charge in [0.2, 0.25) is 11.8 Å². The molecule has 9 heteroatoms. The Morgan fingerprint density at radius 2 is 1.83 bits per heavy atom. The Hall–Kier alpha value is -3.78. The number of fused-ring (bicyclic) bond motifs is 1. The van der Waals surface area contributed by atoms with Crippen LogP contribution in [0.15, 0.2) is 73.1 Å². The first kappa shape index (κ1) is 24.3. The number of pyridine rings is 1. The minimum Gasteiger partial charge on any atom is -0.349 e. The van der Waals surface area contributed by atoms with Gasteiger partial charge in [0.15, 0.2) is 0 Å². The van der Waals surface area contributed by atoms with E-state index in [0.29, 0.717) is 21.8 Å². The van der Waals surface area contributed by atoms with E-state index < -0.39 is 11.6 Å². The van der Waals surface area contributed by atoms with Crippen LogP contribution in [0.5, 0.6) is 0 Å².